The predicted molar refractivity (Wildman–Crippen MR) is 75.1 cm³/mol. The van der Waals surface area contributed by atoms with Crippen molar-refractivity contribution in [3.05, 3.63) is 21.4 Å². The summed E-state index contributed by atoms with van der Waals surface area (Å²) in [6.45, 7) is 3.44. The molecule has 0 spiro atoms. The Balaban J connectivity index is 2.02. The molecule has 8 nitrogen and oxygen atoms in total. The molecule has 2 aromatic heterocycles. The highest BCUT2D eigenvalue weighted by atomic mass is 32.2. The van der Waals surface area contributed by atoms with E-state index in [-0.39, 0.29) is 16.9 Å². The molecule has 2 heterocycles. The minimum absolute atomic E-state index is 0.172. The quantitative estimate of drug-likeness (QED) is 0.562. The van der Waals surface area contributed by atoms with Crippen LogP contribution < -0.4 is 10.9 Å². The second kappa shape index (κ2) is 6.01. The lowest BCUT2D eigenvalue weighted by Gasteiger charge is -2.09. The third kappa shape index (κ3) is 3.78. The number of aromatic hydroxyl groups is 1. The third-order valence-corrected chi connectivity index (χ3v) is 3.86. The van der Waals surface area contributed by atoms with Gasteiger partial charge in [0.25, 0.3) is 5.56 Å². The Morgan fingerprint density at radius 2 is 2.30 bits per heavy atom. The SMILES string of the molecule is Cc1nnc(NC(=O)C(C)Sc2nc(O)cc(=O)[nH]2)s1. The van der Waals surface area contributed by atoms with Gasteiger partial charge in [-0.05, 0) is 13.8 Å². The molecule has 0 aromatic carbocycles. The summed E-state index contributed by atoms with van der Waals surface area (Å²) in [4.78, 5) is 29.2. The number of nitrogens with one attached hydrogen (secondary N) is 2. The van der Waals surface area contributed by atoms with Crippen LogP contribution in [-0.4, -0.2) is 36.4 Å². The van der Waals surface area contributed by atoms with E-state index in [4.69, 9.17) is 0 Å². The lowest BCUT2D eigenvalue weighted by molar-refractivity contribution is -0.115. The predicted octanol–water partition coefficient (Wildman–Crippen LogP) is 0.755. The minimum atomic E-state index is -0.524. The van der Waals surface area contributed by atoms with Gasteiger partial charge >= 0.3 is 0 Å². The molecule has 0 aliphatic heterocycles. The Morgan fingerprint density at radius 3 is 2.90 bits per heavy atom. The van der Waals surface area contributed by atoms with Crippen molar-refractivity contribution >= 4 is 34.1 Å². The molecular weight excluding hydrogens is 302 g/mol. The van der Waals surface area contributed by atoms with Crippen LogP contribution in [0.5, 0.6) is 5.88 Å². The molecule has 0 bridgehead atoms. The van der Waals surface area contributed by atoms with Crippen LogP contribution in [0.1, 0.15) is 11.9 Å². The fourth-order valence-corrected chi connectivity index (χ4v) is 2.66. The first kappa shape index (κ1) is 14.5. The monoisotopic (exact) mass is 313 g/mol. The Morgan fingerprint density at radius 1 is 1.55 bits per heavy atom. The number of hydrogen-bond acceptors (Lipinski definition) is 8. The Hall–Kier alpha value is -1.94. The maximum absolute atomic E-state index is 11.9. The molecule has 0 aliphatic carbocycles. The maximum atomic E-state index is 11.9. The van der Waals surface area contributed by atoms with Gasteiger partial charge < -0.3 is 10.1 Å². The average Bonchev–Trinajstić information content (AvgIpc) is 2.73. The molecule has 20 heavy (non-hydrogen) atoms. The van der Waals surface area contributed by atoms with Gasteiger partial charge in [-0.25, -0.2) is 0 Å². The van der Waals surface area contributed by atoms with Gasteiger partial charge in [-0.1, -0.05) is 23.1 Å². The lowest BCUT2D eigenvalue weighted by atomic mass is 10.4. The summed E-state index contributed by atoms with van der Waals surface area (Å²) in [6, 6.07) is 0.957. The number of H-pyrrole nitrogens is 1. The van der Waals surface area contributed by atoms with Gasteiger partial charge in [-0.2, -0.15) is 4.98 Å². The van der Waals surface area contributed by atoms with Crippen molar-refractivity contribution in [1.82, 2.24) is 20.2 Å². The molecule has 3 N–H and O–H groups in total. The van der Waals surface area contributed by atoms with E-state index in [1.165, 1.54) is 11.3 Å². The largest absolute Gasteiger partial charge is 0.493 e. The van der Waals surface area contributed by atoms with Crippen molar-refractivity contribution in [2.45, 2.75) is 24.3 Å². The average molecular weight is 313 g/mol. The summed E-state index contributed by atoms with van der Waals surface area (Å²) in [7, 11) is 0. The second-order valence-corrected chi connectivity index (χ2v) is 6.30. The van der Waals surface area contributed by atoms with E-state index >= 15 is 0 Å². The van der Waals surface area contributed by atoms with Crippen LogP contribution in [0.15, 0.2) is 16.0 Å². The zero-order valence-corrected chi connectivity index (χ0v) is 12.2. The first-order valence-corrected chi connectivity index (χ1v) is 7.21. The number of hydrogen-bond donors (Lipinski definition) is 3. The first-order valence-electron chi connectivity index (χ1n) is 5.52. The Kier molecular flexibility index (Phi) is 4.35. The topological polar surface area (TPSA) is 121 Å². The van der Waals surface area contributed by atoms with Gasteiger partial charge in [-0.15, -0.1) is 10.2 Å². The molecule has 10 heteroatoms. The zero-order valence-electron chi connectivity index (χ0n) is 10.6. The number of aromatic amines is 1. The van der Waals surface area contributed by atoms with Crippen LogP contribution in [0, 0.1) is 6.92 Å². The van der Waals surface area contributed by atoms with Crippen molar-refractivity contribution in [3.63, 3.8) is 0 Å². The molecule has 0 fully saturated rings. The van der Waals surface area contributed by atoms with Gasteiger partial charge in [-0.3, -0.25) is 14.9 Å². The summed E-state index contributed by atoms with van der Waals surface area (Å²) in [5.41, 5.74) is -0.479. The number of nitrogens with zero attached hydrogens (tertiary/aromatic N) is 3. The van der Waals surface area contributed by atoms with E-state index in [1.54, 1.807) is 13.8 Å². The third-order valence-electron chi connectivity index (χ3n) is 2.12. The van der Waals surface area contributed by atoms with Crippen LogP contribution in [-0.2, 0) is 4.79 Å². The van der Waals surface area contributed by atoms with Gasteiger partial charge in [0.1, 0.15) is 5.01 Å². The number of carbonyl (C=O) groups excluding carboxylic acids is 1. The molecule has 2 aromatic rings. The van der Waals surface area contributed by atoms with E-state index in [2.05, 4.69) is 25.5 Å². The second-order valence-electron chi connectivity index (χ2n) is 3.78. The summed E-state index contributed by atoms with van der Waals surface area (Å²) < 4.78 is 0. The van der Waals surface area contributed by atoms with Crippen LogP contribution >= 0.6 is 23.1 Å². The van der Waals surface area contributed by atoms with E-state index in [0.717, 1.165) is 22.8 Å². The smallest absolute Gasteiger partial charge is 0.255 e. The number of amides is 1. The van der Waals surface area contributed by atoms with Crippen LogP contribution in [0.25, 0.3) is 0 Å². The molecule has 0 aliphatic rings. The normalized spacial score (nSPS) is 12.1. The van der Waals surface area contributed by atoms with Crippen LogP contribution in [0.2, 0.25) is 0 Å². The van der Waals surface area contributed by atoms with Crippen molar-refractivity contribution in [3.8, 4) is 5.88 Å². The highest BCUT2D eigenvalue weighted by Crippen LogP contribution is 2.21. The van der Waals surface area contributed by atoms with Crippen molar-refractivity contribution in [2.24, 2.45) is 0 Å². The summed E-state index contributed by atoms with van der Waals surface area (Å²) >= 11 is 2.29. The standard InChI is InChI=1S/C10H11N5O3S2/c1-4(8(18)13-10-15-14-5(2)20-10)19-9-11-6(16)3-7(17)12-9/h3-4H,1-2H3,(H,13,15,18)(H2,11,12,16,17). The van der Waals surface area contributed by atoms with Crippen LogP contribution in [0.4, 0.5) is 5.13 Å². The first-order chi connectivity index (χ1) is 9.44. The highest BCUT2D eigenvalue weighted by Gasteiger charge is 2.17. The lowest BCUT2D eigenvalue weighted by Crippen LogP contribution is -2.23. The number of carbonyl (C=O) groups is 1. The van der Waals surface area contributed by atoms with Gasteiger partial charge in [0.05, 0.1) is 11.3 Å². The molecule has 2 rings (SSSR count). The number of anilines is 1. The number of rotatable bonds is 4. The molecule has 0 radical (unpaired) electrons. The van der Waals surface area contributed by atoms with E-state index in [0.29, 0.717) is 5.13 Å². The fourth-order valence-electron chi connectivity index (χ4n) is 1.25. The molecule has 0 saturated heterocycles. The number of thioether (sulfide) groups is 1. The van der Waals surface area contributed by atoms with Gasteiger partial charge in [0, 0.05) is 0 Å². The van der Waals surface area contributed by atoms with Gasteiger partial charge in [0.2, 0.25) is 16.9 Å². The minimum Gasteiger partial charge on any atom is -0.493 e. The van der Waals surface area contributed by atoms with Crippen molar-refractivity contribution in [2.75, 3.05) is 5.32 Å². The Bertz CT molecular complexity index is 684. The number of aromatic nitrogens is 4. The van der Waals surface area contributed by atoms with Gasteiger partial charge in [0.15, 0.2) is 5.16 Å². The van der Waals surface area contributed by atoms with Crippen molar-refractivity contribution < 1.29 is 9.90 Å². The molecule has 1 atom stereocenters. The number of aryl methyl sites for hydroxylation is 1. The van der Waals surface area contributed by atoms with E-state index in [1.807, 2.05) is 0 Å². The maximum Gasteiger partial charge on any atom is 0.255 e. The van der Waals surface area contributed by atoms with E-state index in [9.17, 15) is 14.7 Å². The Labute approximate surface area is 121 Å². The molecular formula is C10H11N5O3S2. The summed E-state index contributed by atoms with van der Waals surface area (Å²) in [6.07, 6.45) is 0. The molecule has 1 amide bonds. The summed E-state index contributed by atoms with van der Waals surface area (Å²) in [5, 5.41) is 20.2. The molecule has 0 saturated carbocycles. The highest BCUT2D eigenvalue weighted by molar-refractivity contribution is 8.00. The molecule has 106 valence electrons. The van der Waals surface area contributed by atoms with Crippen LogP contribution in [0.3, 0.4) is 0 Å². The zero-order chi connectivity index (χ0) is 14.7. The van der Waals surface area contributed by atoms with E-state index < -0.39 is 10.8 Å². The summed E-state index contributed by atoms with van der Waals surface area (Å²) in [5.74, 6) is -0.680. The van der Waals surface area contributed by atoms with Crippen molar-refractivity contribution in [1.29, 1.82) is 0 Å². The fraction of sp³-hybridized carbons (Fsp3) is 0.300. The molecule has 1 unspecified atom stereocenters.